The molecule has 6 nitrogen and oxygen atoms in total. The van der Waals surface area contributed by atoms with Crippen LogP contribution in [0.3, 0.4) is 0 Å². The Labute approximate surface area is 153 Å². The van der Waals surface area contributed by atoms with Gasteiger partial charge in [0.1, 0.15) is 0 Å². The predicted molar refractivity (Wildman–Crippen MR) is 108 cm³/mol. The summed E-state index contributed by atoms with van der Waals surface area (Å²) in [5.41, 5.74) is 15.1. The van der Waals surface area contributed by atoms with Crippen LogP contribution in [0.25, 0.3) is 11.0 Å². The number of nitrogens with two attached hydrogens (primary N) is 1. The number of hydrogen-bond acceptors (Lipinski definition) is 4. The van der Waals surface area contributed by atoms with Gasteiger partial charge in [-0.15, -0.1) is 5.10 Å². The molecule has 0 saturated carbocycles. The summed E-state index contributed by atoms with van der Waals surface area (Å²) >= 11 is 0. The Kier molecular flexibility index (Phi) is 4.32. The summed E-state index contributed by atoms with van der Waals surface area (Å²) in [5.74, 6) is 0. The van der Waals surface area contributed by atoms with Crippen molar-refractivity contribution in [3.63, 3.8) is 0 Å². The number of benzene rings is 2. The topological polar surface area (TPSA) is 63.5 Å². The number of fused-ring (bicyclic) bond motifs is 1. The molecule has 1 aliphatic heterocycles. The first-order valence-electron chi connectivity index (χ1n) is 9.19. The lowest BCUT2D eigenvalue weighted by atomic mass is 10.1. The van der Waals surface area contributed by atoms with Crippen molar-refractivity contribution < 1.29 is 0 Å². The van der Waals surface area contributed by atoms with Crippen LogP contribution in [0.15, 0.2) is 47.6 Å². The molecule has 0 bridgehead atoms. The van der Waals surface area contributed by atoms with E-state index < -0.39 is 0 Å². The number of aromatic nitrogens is 2. The molecule has 136 valence electrons. The summed E-state index contributed by atoms with van der Waals surface area (Å²) in [4.78, 5) is 2.46. The molecular formula is C20H26N6. The normalized spacial score (nSPS) is 15.6. The molecular weight excluding hydrogens is 324 g/mol. The zero-order valence-electron chi connectivity index (χ0n) is 15.4. The summed E-state index contributed by atoms with van der Waals surface area (Å²) in [5, 5.41) is 4.61. The van der Waals surface area contributed by atoms with E-state index in [0.29, 0.717) is 0 Å². The minimum absolute atomic E-state index is 0.756. The second-order valence-electron chi connectivity index (χ2n) is 6.98. The van der Waals surface area contributed by atoms with Crippen molar-refractivity contribution in [2.45, 2.75) is 19.3 Å². The number of piperidine rings is 1. The second-order valence-corrected chi connectivity index (χ2v) is 6.98. The molecule has 1 aliphatic rings. The van der Waals surface area contributed by atoms with E-state index in [1.807, 2.05) is 36.9 Å². The van der Waals surface area contributed by atoms with Crippen LogP contribution in [-0.2, 0) is 14.1 Å². The molecule has 0 amide bonds. The van der Waals surface area contributed by atoms with Gasteiger partial charge in [0, 0.05) is 38.6 Å². The maximum atomic E-state index is 5.92. The quantitative estimate of drug-likeness (QED) is 0.564. The molecule has 2 heterocycles. The third kappa shape index (κ3) is 3.03. The number of imidazole rings is 1. The molecule has 1 aromatic heterocycles. The molecule has 26 heavy (non-hydrogen) atoms. The number of hydrogen-bond donors (Lipinski definition) is 2. The summed E-state index contributed by atoms with van der Waals surface area (Å²) in [6, 6.07) is 14.4. The van der Waals surface area contributed by atoms with Crippen molar-refractivity contribution in [1.29, 1.82) is 0 Å². The monoisotopic (exact) mass is 350 g/mol. The third-order valence-corrected chi connectivity index (χ3v) is 5.20. The van der Waals surface area contributed by atoms with Gasteiger partial charge in [0.2, 0.25) is 5.62 Å². The summed E-state index contributed by atoms with van der Waals surface area (Å²) < 4.78 is 4.10. The number of nitrogens with zero attached hydrogens (tertiary/aromatic N) is 4. The van der Waals surface area contributed by atoms with Crippen molar-refractivity contribution in [3.05, 3.63) is 48.1 Å². The van der Waals surface area contributed by atoms with Gasteiger partial charge in [-0.1, -0.05) is 0 Å². The zero-order chi connectivity index (χ0) is 18.1. The summed E-state index contributed by atoms with van der Waals surface area (Å²) in [6.07, 6.45) is 3.93. The molecule has 0 atom stereocenters. The molecule has 1 saturated heterocycles. The molecule has 2 aromatic carbocycles. The minimum atomic E-state index is 0.756. The van der Waals surface area contributed by atoms with E-state index >= 15 is 0 Å². The van der Waals surface area contributed by atoms with Crippen LogP contribution in [0.1, 0.15) is 19.3 Å². The minimum Gasteiger partial charge on any atom is -0.399 e. The van der Waals surface area contributed by atoms with Gasteiger partial charge in [0.15, 0.2) is 0 Å². The first kappa shape index (κ1) is 16.6. The van der Waals surface area contributed by atoms with Crippen LogP contribution >= 0.6 is 0 Å². The highest BCUT2D eigenvalue weighted by atomic mass is 15.3. The fraction of sp³-hybridized carbons (Fsp3) is 0.350. The highest BCUT2D eigenvalue weighted by molar-refractivity contribution is 5.79. The van der Waals surface area contributed by atoms with Gasteiger partial charge in [-0.2, -0.15) is 0 Å². The van der Waals surface area contributed by atoms with E-state index in [2.05, 4.69) is 44.3 Å². The maximum absolute atomic E-state index is 5.92. The SMILES string of the molecule is Cn1c(=NNc2ccc(N3CCCCC3)cc2)n(C)c2cc(N)ccc21. The van der Waals surface area contributed by atoms with Crippen molar-refractivity contribution in [2.75, 3.05) is 29.1 Å². The lowest BCUT2D eigenvalue weighted by Gasteiger charge is -2.28. The smallest absolute Gasteiger partial charge is 0.227 e. The molecule has 1 fully saturated rings. The van der Waals surface area contributed by atoms with Crippen LogP contribution in [0.2, 0.25) is 0 Å². The average molecular weight is 350 g/mol. The number of rotatable bonds is 3. The van der Waals surface area contributed by atoms with Crippen LogP contribution in [0, 0.1) is 0 Å². The lowest BCUT2D eigenvalue weighted by Crippen LogP contribution is -2.29. The highest BCUT2D eigenvalue weighted by Crippen LogP contribution is 2.21. The lowest BCUT2D eigenvalue weighted by molar-refractivity contribution is 0.578. The van der Waals surface area contributed by atoms with E-state index in [0.717, 1.165) is 41.1 Å². The van der Waals surface area contributed by atoms with Crippen molar-refractivity contribution in [1.82, 2.24) is 9.13 Å². The van der Waals surface area contributed by atoms with Crippen molar-refractivity contribution >= 4 is 28.1 Å². The Morgan fingerprint density at radius 1 is 0.885 bits per heavy atom. The van der Waals surface area contributed by atoms with Crippen molar-refractivity contribution in [2.24, 2.45) is 19.2 Å². The Bertz CT molecular complexity index is 974. The Balaban J connectivity index is 1.59. The van der Waals surface area contributed by atoms with Crippen LogP contribution in [0.4, 0.5) is 17.1 Å². The van der Waals surface area contributed by atoms with Gasteiger partial charge < -0.3 is 19.8 Å². The Morgan fingerprint density at radius 2 is 1.58 bits per heavy atom. The number of nitrogens with one attached hydrogen (secondary N) is 1. The molecule has 0 spiro atoms. The first-order chi connectivity index (χ1) is 12.6. The third-order valence-electron chi connectivity index (χ3n) is 5.20. The molecule has 0 aliphatic carbocycles. The van der Waals surface area contributed by atoms with Gasteiger partial charge in [-0.05, 0) is 61.7 Å². The molecule has 6 heteroatoms. The van der Waals surface area contributed by atoms with Gasteiger partial charge in [-0.25, -0.2) is 0 Å². The number of aryl methyl sites for hydroxylation is 2. The predicted octanol–water partition coefficient (Wildman–Crippen LogP) is 3.02. The average Bonchev–Trinajstić information content (AvgIpc) is 2.91. The Morgan fingerprint density at radius 3 is 2.31 bits per heavy atom. The highest BCUT2D eigenvalue weighted by Gasteiger charge is 2.10. The standard InChI is InChI=1S/C20H26N6/c1-24-18-11-6-15(21)14-19(18)25(2)20(24)23-22-16-7-9-17(10-8-16)26-12-4-3-5-13-26/h6-11,14,22H,3-5,12-13,21H2,1-2H3. The Hall–Kier alpha value is -2.89. The van der Waals surface area contributed by atoms with Crippen molar-refractivity contribution in [3.8, 4) is 0 Å². The van der Waals surface area contributed by atoms with Crippen LogP contribution in [0.5, 0.6) is 0 Å². The second kappa shape index (κ2) is 6.78. The summed E-state index contributed by atoms with van der Waals surface area (Å²) in [7, 11) is 4.01. The van der Waals surface area contributed by atoms with E-state index in [1.165, 1.54) is 24.9 Å². The first-order valence-corrected chi connectivity index (χ1v) is 9.19. The molecule has 3 N–H and O–H groups in total. The van der Waals surface area contributed by atoms with Gasteiger partial charge >= 0.3 is 0 Å². The van der Waals surface area contributed by atoms with Crippen LogP contribution < -0.4 is 21.7 Å². The largest absolute Gasteiger partial charge is 0.399 e. The number of anilines is 3. The molecule has 3 aromatic rings. The summed E-state index contributed by atoms with van der Waals surface area (Å²) in [6.45, 7) is 2.32. The molecule has 0 radical (unpaired) electrons. The van der Waals surface area contributed by atoms with Gasteiger partial charge in [-0.3, -0.25) is 5.43 Å². The van der Waals surface area contributed by atoms with Crippen LogP contribution in [-0.4, -0.2) is 22.2 Å². The van der Waals surface area contributed by atoms with E-state index in [-0.39, 0.29) is 0 Å². The van der Waals surface area contributed by atoms with Gasteiger partial charge in [0.25, 0.3) is 0 Å². The van der Waals surface area contributed by atoms with E-state index in [4.69, 9.17) is 5.73 Å². The molecule has 0 unspecified atom stereocenters. The maximum Gasteiger partial charge on any atom is 0.227 e. The van der Waals surface area contributed by atoms with E-state index in [9.17, 15) is 0 Å². The van der Waals surface area contributed by atoms with Gasteiger partial charge in [0.05, 0.1) is 16.7 Å². The van der Waals surface area contributed by atoms with E-state index in [1.54, 1.807) is 0 Å². The zero-order valence-corrected chi connectivity index (χ0v) is 15.4. The number of nitrogen functional groups attached to an aromatic ring is 1. The fourth-order valence-corrected chi connectivity index (χ4v) is 3.70. The fourth-order valence-electron chi connectivity index (χ4n) is 3.70. The molecule has 4 rings (SSSR count).